The first-order valence-corrected chi connectivity index (χ1v) is 13.1. The number of hydrogen-bond acceptors (Lipinski definition) is 2. The van der Waals surface area contributed by atoms with Crippen LogP contribution in [0.25, 0.3) is 0 Å². The molecule has 0 radical (unpaired) electrons. The minimum atomic E-state index is -1.51. The molecule has 1 N–H and O–H groups in total. The van der Waals surface area contributed by atoms with Gasteiger partial charge in [0, 0.05) is 44.5 Å². The van der Waals surface area contributed by atoms with Gasteiger partial charge in [-0.25, -0.2) is 22.8 Å². The van der Waals surface area contributed by atoms with Crippen molar-refractivity contribution >= 4 is 17.7 Å². The minimum absolute atomic E-state index is 0.0129. The lowest BCUT2D eigenvalue weighted by Gasteiger charge is -2.35. The number of hydrogen-bond donors (Lipinski definition) is 1. The molecule has 1 aliphatic carbocycles. The number of benzene rings is 2. The van der Waals surface area contributed by atoms with Crippen molar-refractivity contribution < 1.29 is 22.8 Å². The van der Waals surface area contributed by atoms with Crippen LogP contribution in [0, 0.1) is 23.4 Å². The lowest BCUT2D eigenvalue weighted by Crippen LogP contribution is -2.46. The van der Waals surface area contributed by atoms with Crippen LogP contribution < -0.4 is 5.32 Å². The minimum Gasteiger partial charge on any atom is -0.327 e. The van der Waals surface area contributed by atoms with E-state index in [9.17, 15) is 22.8 Å². The van der Waals surface area contributed by atoms with Crippen LogP contribution in [-0.2, 0) is 13.1 Å². The summed E-state index contributed by atoms with van der Waals surface area (Å²) >= 11 is 0. The summed E-state index contributed by atoms with van der Waals surface area (Å²) in [6.45, 7) is 2.20. The second-order valence-electron chi connectivity index (χ2n) is 10.6. The van der Waals surface area contributed by atoms with Gasteiger partial charge in [0.1, 0.15) is 0 Å². The fourth-order valence-electron chi connectivity index (χ4n) is 5.93. The summed E-state index contributed by atoms with van der Waals surface area (Å²) < 4.78 is 41.1. The predicted molar refractivity (Wildman–Crippen MR) is 135 cm³/mol. The summed E-state index contributed by atoms with van der Waals surface area (Å²) in [5.41, 5.74) is 2.03. The molecule has 4 amide bonds. The highest BCUT2D eigenvalue weighted by atomic mass is 19.2. The van der Waals surface area contributed by atoms with Gasteiger partial charge >= 0.3 is 12.1 Å². The normalized spacial score (nSPS) is 18.3. The number of carbonyl (C=O) groups excluding carboxylic acids is 2. The van der Waals surface area contributed by atoms with E-state index < -0.39 is 23.5 Å². The molecule has 198 valence electrons. The summed E-state index contributed by atoms with van der Waals surface area (Å²) in [6.07, 6.45) is 6.77. The Morgan fingerprint density at radius 1 is 0.946 bits per heavy atom. The molecule has 37 heavy (non-hydrogen) atoms. The molecule has 2 aromatic carbocycles. The molecule has 2 aliphatic heterocycles. The van der Waals surface area contributed by atoms with E-state index in [4.69, 9.17) is 0 Å². The molecule has 5 rings (SSSR count). The van der Waals surface area contributed by atoms with E-state index in [0.717, 1.165) is 44.1 Å². The Bertz CT molecular complexity index is 1160. The highest BCUT2D eigenvalue weighted by Gasteiger charge is 2.30. The number of rotatable bonds is 4. The van der Waals surface area contributed by atoms with E-state index in [1.807, 2.05) is 41.1 Å². The van der Waals surface area contributed by atoms with Crippen LogP contribution in [0.2, 0.25) is 0 Å². The smallest absolute Gasteiger partial charge is 0.322 e. The van der Waals surface area contributed by atoms with Gasteiger partial charge in [0.2, 0.25) is 0 Å². The van der Waals surface area contributed by atoms with E-state index in [2.05, 4.69) is 5.32 Å². The van der Waals surface area contributed by atoms with E-state index in [-0.39, 0.29) is 30.2 Å². The zero-order chi connectivity index (χ0) is 26.1. The van der Waals surface area contributed by atoms with Crippen molar-refractivity contribution in [2.24, 2.45) is 5.92 Å². The van der Waals surface area contributed by atoms with Crippen LogP contribution in [-0.4, -0.2) is 53.4 Å². The molecule has 6 nitrogen and oxygen atoms in total. The lowest BCUT2D eigenvalue weighted by atomic mass is 9.89. The Morgan fingerprint density at radius 2 is 1.62 bits per heavy atom. The van der Waals surface area contributed by atoms with Crippen LogP contribution in [0.1, 0.15) is 61.1 Å². The van der Waals surface area contributed by atoms with Crippen LogP contribution in [0.5, 0.6) is 0 Å². The Hall–Kier alpha value is -3.23. The Labute approximate surface area is 215 Å². The lowest BCUT2D eigenvalue weighted by molar-refractivity contribution is 0.143. The Balaban J connectivity index is 1.11. The number of nitrogens with one attached hydrogen (secondary N) is 1. The third kappa shape index (κ3) is 5.40. The van der Waals surface area contributed by atoms with Gasteiger partial charge in [-0.2, -0.15) is 0 Å². The highest BCUT2D eigenvalue weighted by Crippen LogP contribution is 2.31. The first-order chi connectivity index (χ1) is 17.8. The van der Waals surface area contributed by atoms with Gasteiger partial charge in [-0.3, -0.25) is 0 Å². The Morgan fingerprint density at radius 3 is 2.30 bits per heavy atom. The quantitative estimate of drug-likeness (QED) is 0.504. The van der Waals surface area contributed by atoms with Crippen LogP contribution in [0.4, 0.5) is 28.4 Å². The number of carbonyl (C=O) groups is 2. The van der Waals surface area contributed by atoms with Crippen molar-refractivity contribution in [2.45, 2.75) is 57.5 Å². The fraction of sp³-hybridized carbons (Fsp3) is 0.500. The monoisotopic (exact) mass is 514 g/mol. The number of nitrogens with zero attached hydrogens (tertiary/aromatic N) is 3. The maximum atomic E-state index is 14.0. The standard InChI is InChI=1S/C28H33F3N4O2/c1-33(15-18-4-2-3-5-18)28(37)34-12-10-20(11-13-34)19-6-8-22(9-7-19)32-27(36)35-16-21-14-24(29)26(31)25(30)23(21)17-35/h6-9,14,18,20H,2-5,10-13,15-17H2,1H3,(H,32,36). The van der Waals surface area contributed by atoms with Gasteiger partial charge in [0.25, 0.3) is 0 Å². The number of anilines is 1. The molecular weight excluding hydrogens is 481 g/mol. The molecule has 1 saturated carbocycles. The SMILES string of the molecule is CN(CC1CCCC1)C(=O)N1CCC(c2ccc(NC(=O)N3Cc4cc(F)c(F)c(F)c4C3)cc2)CC1. The number of fused-ring (bicyclic) bond motifs is 1. The van der Waals surface area contributed by atoms with Crippen molar-refractivity contribution in [1.82, 2.24) is 14.7 Å². The molecule has 0 bridgehead atoms. The summed E-state index contributed by atoms with van der Waals surface area (Å²) in [6, 6.07) is 8.21. The number of piperidine rings is 1. The van der Waals surface area contributed by atoms with E-state index in [1.54, 1.807) is 0 Å². The summed E-state index contributed by atoms with van der Waals surface area (Å²) in [4.78, 5) is 30.7. The van der Waals surface area contributed by atoms with Gasteiger partial charge in [-0.05, 0) is 66.8 Å². The summed E-state index contributed by atoms with van der Waals surface area (Å²) in [5, 5.41) is 2.78. The molecule has 2 heterocycles. The Kier molecular flexibility index (Phi) is 7.31. The number of halogens is 3. The maximum Gasteiger partial charge on any atom is 0.322 e. The molecule has 3 aliphatic rings. The summed E-state index contributed by atoms with van der Waals surface area (Å²) in [7, 11) is 1.91. The molecular formula is C28H33F3N4O2. The third-order valence-corrected chi connectivity index (χ3v) is 8.09. The van der Waals surface area contributed by atoms with Crippen LogP contribution in [0.3, 0.4) is 0 Å². The summed E-state index contributed by atoms with van der Waals surface area (Å²) in [5.74, 6) is -3.01. The largest absolute Gasteiger partial charge is 0.327 e. The molecule has 9 heteroatoms. The number of amides is 4. The molecule has 2 aromatic rings. The van der Waals surface area contributed by atoms with Crippen molar-refractivity contribution in [2.75, 3.05) is 32.0 Å². The van der Waals surface area contributed by atoms with Gasteiger partial charge < -0.3 is 20.0 Å². The van der Waals surface area contributed by atoms with Crippen molar-refractivity contribution in [3.63, 3.8) is 0 Å². The molecule has 0 spiro atoms. The molecule has 0 aromatic heterocycles. The molecule has 0 atom stereocenters. The zero-order valence-corrected chi connectivity index (χ0v) is 21.1. The van der Waals surface area contributed by atoms with E-state index >= 15 is 0 Å². The first-order valence-electron chi connectivity index (χ1n) is 13.1. The number of urea groups is 2. The van der Waals surface area contributed by atoms with Gasteiger partial charge in [0.05, 0.1) is 6.54 Å². The van der Waals surface area contributed by atoms with Crippen molar-refractivity contribution in [1.29, 1.82) is 0 Å². The molecule has 0 unspecified atom stereocenters. The van der Waals surface area contributed by atoms with Crippen LogP contribution >= 0.6 is 0 Å². The predicted octanol–water partition coefficient (Wildman–Crippen LogP) is 6.07. The maximum absolute atomic E-state index is 14.0. The van der Waals surface area contributed by atoms with E-state index in [1.165, 1.54) is 30.6 Å². The van der Waals surface area contributed by atoms with Gasteiger partial charge in [-0.1, -0.05) is 25.0 Å². The second kappa shape index (κ2) is 10.6. The average Bonchev–Trinajstić information content (AvgIpc) is 3.58. The van der Waals surface area contributed by atoms with Gasteiger partial charge in [0.15, 0.2) is 17.5 Å². The molecule has 2 fully saturated rings. The average molecular weight is 515 g/mol. The van der Waals surface area contributed by atoms with Crippen LogP contribution in [0.15, 0.2) is 30.3 Å². The van der Waals surface area contributed by atoms with Crippen molar-refractivity contribution in [3.05, 3.63) is 64.5 Å². The third-order valence-electron chi connectivity index (χ3n) is 8.09. The zero-order valence-electron chi connectivity index (χ0n) is 21.1. The first kappa shape index (κ1) is 25.4. The highest BCUT2D eigenvalue weighted by molar-refractivity contribution is 5.89. The van der Waals surface area contributed by atoms with Crippen molar-refractivity contribution in [3.8, 4) is 0 Å². The number of likely N-dealkylation sites (tertiary alicyclic amines) is 1. The van der Waals surface area contributed by atoms with Gasteiger partial charge in [-0.15, -0.1) is 0 Å². The molecule has 1 saturated heterocycles. The fourth-order valence-corrected chi connectivity index (χ4v) is 5.93. The topological polar surface area (TPSA) is 55.9 Å². The second-order valence-corrected chi connectivity index (χ2v) is 10.6. The van der Waals surface area contributed by atoms with E-state index in [0.29, 0.717) is 17.5 Å².